The van der Waals surface area contributed by atoms with Crippen LogP contribution in [0.2, 0.25) is 0 Å². The van der Waals surface area contributed by atoms with Crippen LogP contribution in [0.5, 0.6) is 0 Å². The molecule has 1 aliphatic carbocycles. The molecular formula is C19H28N2O3. The van der Waals surface area contributed by atoms with E-state index < -0.39 is 0 Å². The summed E-state index contributed by atoms with van der Waals surface area (Å²) >= 11 is 0. The second-order valence-corrected chi connectivity index (χ2v) is 6.98. The van der Waals surface area contributed by atoms with Crippen LogP contribution in [-0.2, 0) is 0 Å². The lowest BCUT2D eigenvalue weighted by atomic mass is 9.86. The number of aliphatic hydroxyl groups excluding tert-OH is 1. The third-order valence-electron chi connectivity index (χ3n) is 4.76. The number of aliphatic hydroxyl groups is 1. The molecule has 0 aliphatic heterocycles. The molecule has 0 bridgehead atoms. The highest BCUT2D eigenvalue weighted by Gasteiger charge is 2.26. The molecule has 1 aromatic rings. The molecule has 24 heavy (non-hydrogen) atoms. The number of carbonyl (C=O) groups is 2. The maximum atomic E-state index is 12.6. The molecule has 0 aromatic heterocycles. The summed E-state index contributed by atoms with van der Waals surface area (Å²) in [4.78, 5) is 26.4. The van der Waals surface area contributed by atoms with Crippen LogP contribution < -0.4 is 5.32 Å². The zero-order valence-electron chi connectivity index (χ0n) is 14.8. The predicted molar refractivity (Wildman–Crippen MR) is 94.0 cm³/mol. The zero-order chi connectivity index (χ0) is 17.7. The molecule has 2 rings (SSSR count). The smallest absolute Gasteiger partial charge is 0.253 e. The Kier molecular flexibility index (Phi) is 6.37. The number of benzene rings is 1. The van der Waals surface area contributed by atoms with Crippen molar-refractivity contribution in [1.82, 2.24) is 10.2 Å². The molecule has 1 saturated carbocycles. The molecule has 2 amide bonds. The van der Waals surface area contributed by atoms with Crippen molar-refractivity contribution in [2.45, 2.75) is 51.6 Å². The van der Waals surface area contributed by atoms with Gasteiger partial charge in [-0.1, -0.05) is 0 Å². The highest BCUT2D eigenvalue weighted by Crippen LogP contribution is 2.27. The molecule has 0 radical (unpaired) electrons. The Hall–Kier alpha value is -1.88. The normalized spacial score (nSPS) is 20.7. The highest BCUT2D eigenvalue weighted by molar-refractivity contribution is 5.97. The molecule has 1 aromatic carbocycles. The number of hydrogen-bond donors (Lipinski definition) is 2. The Morgan fingerprint density at radius 3 is 2.17 bits per heavy atom. The van der Waals surface area contributed by atoms with Gasteiger partial charge >= 0.3 is 0 Å². The van der Waals surface area contributed by atoms with E-state index in [1.807, 2.05) is 20.9 Å². The summed E-state index contributed by atoms with van der Waals surface area (Å²) in [5.41, 5.74) is 1.16. The lowest BCUT2D eigenvalue weighted by Crippen LogP contribution is -2.39. The average Bonchev–Trinajstić information content (AvgIpc) is 2.60. The third-order valence-corrected chi connectivity index (χ3v) is 4.76. The van der Waals surface area contributed by atoms with E-state index >= 15 is 0 Å². The summed E-state index contributed by atoms with van der Waals surface area (Å²) in [5, 5.41) is 12.1. The van der Waals surface area contributed by atoms with Gasteiger partial charge in [-0.3, -0.25) is 9.59 Å². The van der Waals surface area contributed by atoms with Gasteiger partial charge in [-0.2, -0.15) is 0 Å². The van der Waals surface area contributed by atoms with E-state index in [0.29, 0.717) is 17.0 Å². The lowest BCUT2D eigenvalue weighted by molar-refractivity contribution is 0.0652. The van der Waals surface area contributed by atoms with Gasteiger partial charge in [0.05, 0.1) is 0 Å². The van der Waals surface area contributed by atoms with Crippen LogP contribution in [0, 0.1) is 5.92 Å². The van der Waals surface area contributed by atoms with Gasteiger partial charge in [-0.05, 0) is 69.7 Å². The Morgan fingerprint density at radius 1 is 1.12 bits per heavy atom. The minimum absolute atomic E-state index is 0.0155. The van der Waals surface area contributed by atoms with Gasteiger partial charge in [0.15, 0.2) is 0 Å². The monoisotopic (exact) mass is 332 g/mol. The van der Waals surface area contributed by atoms with Crippen LogP contribution >= 0.6 is 0 Å². The molecule has 0 spiro atoms. The number of nitrogens with one attached hydrogen (secondary N) is 1. The van der Waals surface area contributed by atoms with Crippen LogP contribution in [-0.4, -0.2) is 47.6 Å². The average molecular weight is 332 g/mol. The van der Waals surface area contributed by atoms with E-state index in [-0.39, 0.29) is 30.5 Å². The Labute approximate surface area is 144 Å². The van der Waals surface area contributed by atoms with Gasteiger partial charge < -0.3 is 15.3 Å². The molecule has 5 heteroatoms. The second-order valence-electron chi connectivity index (χ2n) is 6.98. The first kappa shape index (κ1) is 18.5. The van der Waals surface area contributed by atoms with Gasteiger partial charge in [-0.25, -0.2) is 0 Å². The maximum absolute atomic E-state index is 12.6. The molecule has 1 aliphatic rings. The summed E-state index contributed by atoms with van der Waals surface area (Å²) in [6, 6.07) is 7.13. The summed E-state index contributed by atoms with van der Waals surface area (Å²) < 4.78 is 0. The zero-order valence-corrected chi connectivity index (χ0v) is 14.8. The van der Waals surface area contributed by atoms with E-state index in [0.717, 1.165) is 25.7 Å². The SMILES string of the molecule is CC(C)NC(=O)c1ccc(C(=O)N(C)C2CCC(CO)CC2)cc1. The van der Waals surface area contributed by atoms with Crippen LogP contribution in [0.3, 0.4) is 0 Å². The molecule has 0 unspecified atom stereocenters. The van der Waals surface area contributed by atoms with Crippen molar-refractivity contribution in [2.75, 3.05) is 13.7 Å². The Balaban J connectivity index is 1.98. The number of hydrogen-bond acceptors (Lipinski definition) is 3. The van der Waals surface area contributed by atoms with Crippen molar-refractivity contribution in [3.8, 4) is 0 Å². The van der Waals surface area contributed by atoms with Crippen molar-refractivity contribution < 1.29 is 14.7 Å². The number of rotatable bonds is 5. The molecule has 0 saturated heterocycles. The van der Waals surface area contributed by atoms with Gasteiger partial charge in [0.25, 0.3) is 11.8 Å². The molecule has 2 N–H and O–H groups in total. The topological polar surface area (TPSA) is 69.6 Å². The minimum atomic E-state index is -0.125. The molecule has 0 atom stereocenters. The van der Waals surface area contributed by atoms with Gasteiger partial charge in [0, 0.05) is 36.9 Å². The number of nitrogens with zero attached hydrogens (tertiary/aromatic N) is 1. The van der Waals surface area contributed by atoms with Crippen molar-refractivity contribution in [2.24, 2.45) is 5.92 Å². The van der Waals surface area contributed by atoms with E-state index in [9.17, 15) is 14.7 Å². The first-order chi connectivity index (χ1) is 11.4. The van der Waals surface area contributed by atoms with Crippen molar-refractivity contribution in [3.63, 3.8) is 0 Å². The lowest BCUT2D eigenvalue weighted by Gasteiger charge is -2.34. The fraction of sp³-hybridized carbons (Fsp3) is 0.579. The van der Waals surface area contributed by atoms with E-state index in [2.05, 4.69) is 5.32 Å². The molecule has 0 heterocycles. The minimum Gasteiger partial charge on any atom is -0.396 e. The van der Waals surface area contributed by atoms with Crippen molar-refractivity contribution in [3.05, 3.63) is 35.4 Å². The van der Waals surface area contributed by atoms with E-state index in [4.69, 9.17) is 0 Å². The number of amides is 2. The Bertz CT molecular complexity index is 560. The molecule has 1 fully saturated rings. The number of carbonyl (C=O) groups excluding carboxylic acids is 2. The van der Waals surface area contributed by atoms with Crippen LogP contribution in [0.15, 0.2) is 24.3 Å². The molecule has 5 nitrogen and oxygen atoms in total. The van der Waals surface area contributed by atoms with Crippen molar-refractivity contribution in [1.29, 1.82) is 0 Å². The fourth-order valence-electron chi connectivity index (χ4n) is 3.19. The highest BCUT2D eigenvalue weighted by atomic mass is 16.3. The van der Waals surface area contributed by atoms with Gasteiger partial charge in [-0.15, -0.1) is 0 Å². The summed E-state index contributed by atoms with van der Waals surface area (Å²) in [7, 11) is 1.84. The summed E-state index contributed by atoms with van der Waals surface area (Å²) in [5.74, 6) is 0.237. The largest absolute Gasteiger partial charge is 0.396 e. The van der Waals surface area contributed by atoms with E-state index in [1.54, 1.807) is 29.2 Å². The van der Waals surface area contributed by atoms with Crippen LogP contribution in [0.1, 0.15) is 60.2 Å². The second kappa shape index (κ2) is 8.29. The van der Waals surface area contributed by atoms with Gasteiger partial charge in [0.2, 0.25) is 0 Å². The molecule has 132 valence electrons. The first-order valence-corrected chi connectivity index (χ1v) is 8.71. The van der Waals surface area contributed by atoms with E-state index in [1.165, 1.54) is 0 Å². The van der Waals surface area contributed by atoms with Crippen LogP contribution in [0.25, 0.3) is 0 Å². The predicted octanol–water partition coefficient (Wildman–Crippen LogP) is 2.45. The van der Waals surface area contributed by atoms with Crippen molar-refractivity contribution >= 4 is 11.8 Å². The van der Waals surface area contributed by atoms with Crippen LogP contribution in [0.4, 0.5) is 0 Å². The summed E-state index contributed by atoms with van der Waals surface area (Å²) in [6.07, 6.45) is 3.80. The van der Waals surface area contributed by atoms with Gasteiger partial charge in [0.1, 0.15) is 0 Å². The molecular weight excluding hydrogens is 304 g/mol. The standard InChI is InChI=1S/C19H28N2O3/c1-13(2)20-18(23)15-6-8-16(9-7-15)19(24)21(3)17-10-4-14(12-22)5-11-17/h6-9,13-14,17,22H,4-5,10-12H2,1-3H3,(H,20,23). The summed E-state index contributed by atoms with van der Waals surface area (Å²) in [6.45, 7) is 4.07. The quantitative estimate of drug-likeness (QED) is 0.870. The first-order valence-electron chi connectivity index (χ1n) is 8.71. The fourth-order valence-corrected chi connectivity index (χ4v) is 3.19. The third kappa shape index (κ3) is 4.57. The maximum Gasteiger partial charge on any atom is 0.253 e. The Morgan fingerprint density at radius 2 is 1.67 bits per heavy atom.